The predicted molar refractivity (Wildman–Crippen MR) is 85.1 cm³/mol. The molecular formula is C17H24BrFO. The van der Waals surface area contributed by atoms with Crippen LogP contribution in [0.5, 0.6) is 5.75 Å². The second kappa shape index (κ2) is 7.44. The lowest BCUT2D eigenvalue weighted by atomic mass is 9.77. The molecule has 1 fully saturated rings. The summed E-state index contributed by atoms with van der Waals surface area (Å²) in [5.74, 6) is 1.55. The van der Waals surface area contributed by atoms with Crippen LogP contribution in [-0.2, 0) is 6.42 Å². The van der Waals surface area contributed by atoms with Gasteiger partial charge in [-0.3, -0.25) is 0 Å². The molecule has 1 saturated carbocycles. The van der Waals surface area contributed by atoms with E-state index in [1.54, 1.807) is 12.1 Å². The van der Waals surface area contributed by atoms with Gasteiger partial charge in [-0.05, 0) is 55.2 Å². The van der Waals surface area contributed by atoms with Crippen LogP contribution in [0.15, 0.2) is 18.2 Å². The Morgan fingerprint density at radius 1 is 1.35 bits per heavy atom. The molecule has 3 atom stereocenters. The number of halogens is 2. The van der Waals surface area contributed by atoms with Crippen molar-refractivity contribution in [3.05, 3.63) is 29.6 Å². The van der Waals surface area contributed by atoms with E-state index >= 15 is 0 Å². The van der Waals surface area contributed by atoms with Gasteiger partial charge >= 0.3 is 0 Å². The molecule has 0 N–H and O–H groups in total. The van der Waals surface area contributed by atoms with E-state index in [0.29, 0.717) is 16.5 Å². The lowest BCUT2D eigenvalue weighted by molar-refractivity contribution is 0.263. The molecule has 2 rings (SSSR count). The first kappa shape index (κ1) is 15.8. The zero-order valence-corrected chi connectivity index (χ0v) is 14.0. The van der Waals surface area contributed by atoms with E-state index in [1.165, 1.54) is 39.2 Å². The maximum Gasteiger partial charge on any atom is 0.165 e. The van der Waals surface area contributed by atoms with Gasteiger partial charge in [-0.15, -0.1) is 0 Å². The molecule has 0 bridgehead atoms. The quantitative estimate of drug-likeness (QED) is 0.654. The van der Waals surface area contributed by atoms with Crippen LogP contribution in [0, 0.1) is 17.7 Å². The van der Waals surface area contributed by atoms with Crippen LogP contribution < -0.4 is 4.74 Å². The Bertz CT molecular complexity index is 435. The van der Waals surface area contributed by atoms with E-state index in [1.807, 2.05) is 6.07 Å². The minimum atomic E-state index is -0.253. The first-order valence-electron chi connectivity index (χ1n) is 7.60. The number of ether oxygens (including phenoxy) is 1. The van der Waals surface area contributed by atoms with Crippen molar-refractivity contribution < 1.29 is 9.13 Å². The summed E-state index contributed by atoms with van der Waals surface area (Å²) in [6, 6.07) is 5.35. The van der Waals surface area contributed by atoms with Gasteiger partial charge in [0.15, 0.2) is 11.6 Å². The van der Waals surface area contributed by atoms with Crippen LogP contribution in [-0.4, -0.2) is 11.9 Å². The molecule has 20 heavy (non-hydrogen) atoms. The van der Waals surface area contributed by atoms with Crippen LogP contribution in [0.2, 0.25) is 0 Å². The maximum absolute atomic E-state index is 13.8. The third-order valence-corrected chi connectivity index (χ3v) is 5.61. The molecule has 3 unspecified atom stereocenters. The lowest BCUT2D eigenvalue weighted by Gasteiger charge is -2.33. The van der Waals surface area contributed by atoms with Crippen LogP contribution in [0.4, 0.5) is 4.39 Å². The van der Waals surface area contributed by atoms with Gasteiger partial charge in [0.1, 0.15) is 0 Å². The van der Waals surface area contributed by atoms with E-state index in [9.17, 15) is 4.39 Å². The smallest absolute Gasteiger partial charge is 0.165 e. The number of alkyl halides is 1. The third kappa shape index (κ3) is 3.97. The Morgan fingerprint density at radius 3 is 2.80 bits per heavy atom. The highest BCUT2D eigenvalue weighted by Crippen LogP contribution is 2.38. The molecule has 1 aromatic carbocycles. The topological polar surface area (TPSA) is 9.23 Å². The van der Waals surface area contributed by atoms with Crippen molar-refractivity contribution in [3.8, 4) is 5.75 Å². The molecule has 112 valence electrons. The summed E-state index contributed by atoms with van der Waals surface area (Å²) in [5.41, 5.74) is 1.08. The van der Waals surface area contributed by atoms with Crippen LogP contribution in [0.25, 0.3) is 0 Å². The monoisotopic (exact) mass is 342 g/mol. The second-order valence-electron chi connectivity index (χ2n) is 5.92. The van der Waals surface area contributed by atoms with Gasteiger partial charge in [0, 0.05) is 4.83 Å². The van der Waals surface area contributed by atoms with Crippen molar-refractivity contribution in [2.24, 2.45) is 11.8 Å². The largest absolute Gasteiger partial charge is 0.494 e. The van der Waals surface area contributed by atoms with Crippen LogP contribution in [0.3, 0.4) is 0 Å². The molecule has 1 aliphatic carbocycles. The summed E-state index contributed by atoms with van der Waals surface area (Å²) in [6.45, 7) is 2.26. The number of rotatable bonds is 5. The Labute approximate surface area is 130 Å². The van der Waals surface area contributed by atoms with Gasteiger partial charge in [-0.1, -0.05) is 41.8 Å². The van der Waals surface area contributed by atoms with Crippen molar-refractivity contribution in [1.82, 2.24) is 0 Å². The zero-order valence-electron chi connectivity index (χ0n) is 12.4. The highest BCUT2D eigenvalue weighted by Gasteiger charge is 2.28. The molecule has 0 heterocycles. The van der Waals surface area contributed by atoms with Gasteiger partial charge < -0.3 is 4.74 Å². The molecule has 3 heteroatoms. The Kier molecular flexibility index (Phi) is 5.88. The van der Waals surface area contributed by atoms with Crippen LogP contribution in [0.1, 0.15) is 44.6 Å². The van der Waals surface area contributed by atoms with Crippen molar-refractivity contribution in [3.63, 3.8) is 0 Å². The molecule has 0 spiro atoms. The van der Waals surface area contributed by atoms with E-state index in [2.05, 4.69) is 22.9 Å². The summed E-state index contributed by atoms with van der Waals surface area (Å²) in [4.78, 5) is 0.570. The molecule has 1 aliphatic rings. The number of hydrogen-bond donors (Lipinski definition) is 0. The maximum atomic E-state index is 13.8. The highest BCUT2D eigenvalue weighted by atomic mass is 79.9. The normalized spacial score (nSPS) is 26.5. The highest BCUT2D eigenvalue weighted by molar-refractivity contribution is 9.09. The molecule has 1 aromatic rings. The van der Waals surface area contributed by atoms with Crippen molar-refractivity contribution in [2.75, 3.05) is 7.11 Å². The van der Waals surface area contributed by atoms with Crippen molar-refractivity contribution in [2.45, 2.75) is 50.3 Å². The van der Waals surface area contributed by atoms with E-state index in [0.717, 1.165) is 17.9 Å². The first-order valence-corrected chi connectivity index (χ1v) is 8.52. The van der Waals surface area contributed by atoms with Gasteiger partial charge in [-0.25, -0.2) is 4.39 Å². The van der Waals surface area contributed by atoms with Crippen LogP contribution >= 0.6 is 15.9 Å². The fourth-order valence-electron chi connectivity index (χ4n) is 3.35. The fourth-order valence-corrected chi connectivity index (χ4v) is 4.01. The summed E-state index contributed by atoms with van der Waals surface area (Å²) in [7, 11) is 1.50. The zero-order chi connectivity index (χ0) is 14.5. The SMILES string of the molecule is CCCC1CCC(Br)C(Cc2ccc(OC)c(F)c2)C1. The third-order valence-electron chi connectivity index (χ3n) is 4.41. The average Bonchev–Trinajstić information content (AvgIpc) is 2.43. The summed E-state index contributed by atoms with van der Waals surface area (Å²) in [5, 5.41) is 0. The van der Waals surface area contributed by atoms with Gasteiger partial charge in [0.2, 0.25) is 0 Å². The predicted octanol–water partition coefficient (Wildman–Crippen LogP) is 5.36. The molecule has 0 saturated heterocycles. The summed E-state index contributed by atoms with van der Waals surface area (Å²) < 4.78 is 18.7. The molecule has 0 amide bonds. The van der Waals surface area contributed by atoms with Gasteiger partial charge in [0.25, 0.3) is 0 Å². The molecule has 1 nitrogen and oxygen atoms in total. The number of hydrogen-bond acceptors (Lipinski definition) is 1. The van der Waals surface area contributed by atoms with Crippen molar-refractivity contribution >= 4 is 15.9 Å². The Balaban J connectivity index is 2.02. The fraction of sp³-hybridized carbons (Fsp3) is 0.647. The van der Waals surface area contributed by atoms with E-state index < -0.39 is 0 Å². The Morgan fingerprint density at radius 2 is 2.15 bits per heavy atom. The number of benzene rings is 1. The Hall–Kier alpha value is -0.570. The molecule has 0 aromatic heterocycles. The molecule has 0 radical (unpaired) electrons. The van der Waals surface area contributed by atoms with Gasteiger partial charge in [-0.2, -0.15) is 0 Å². The summed E-state index contributed by atoms with van der Waals surface area (Å²) in [6.07, 6.45) is 7.38. The lowest BCUT2D eigenvalue weighted by Crippen LogP contribution is -2.26. The van der Waals surface area contributed by atoms with Gasteiger partial charge in [0.05, 0.1) is 7.11 Å². The minimum Gasteiger partial charge on any atom is -0.494 e. The standard InChI is InChI=1S/C17H24BrFO/c1-3-4-12-5-7-15(18)14(9-12)10-13-6-8-17(20-2)16(19)11-13/h6,8,11-12,14-15H,3-5,7,9-10H2,1-2H3. The first-order chi connectivity index (χ1) is 9.63. The number of methoxy groups -OCH3 is 1. The average molecular weight is 343 g/mol. The van der Waals surface area contributed by atoms with Crippen molar-refractivity contribution in [1.29, 1.82) is 0 Å². The second-order valence-corrected chi connectivity index (χ2v) is 7.09. The molecule has 0 aliphatic heterocycles. The van der Waals surface area contributed by atoms with E-state index in [-0.39, 0.29) is 5.82 Å². The van der Waals surface area contributed by atoms with E-state index in [4.69, 9.17) is 4.74 Å². The minimum absolute atomic E-state index is 0.253. The summed E-state index contributed by atoms with van der Waals surface area (Å²) >= 11 is 3.82. The molecular weight excluding hydrogens is 319 g/mol.